The molecule has 2 fully saturated rings. The molecule has 1 saturated carbocycles. The molecule has 1 aromatic carbocycles. The summed E-state index contributed by atoms with van der Waals surface area (Å²) in [6, 6.07) is 8.66. The number of thiocarbonyl (C=S) groups is 1. The van der Waals surface area contributed by atoms with Crippen LogP contribution in [0.5, 0.6) is 0 Å². The Morgan fingerprint density at radius 3 is 2.31 bits per heavy atom. The SMILES string of the molecule is CCN(CC)c1ccc(/C=C2/C(=O)N(C3CCCCC3)C(=S)N2C)cc1. The maximum absolute atomic E-state index is 13.0. The van der Waals surface area contributed by atoms with Crippen molar-refractivity contribution in [1.82, 2.24) is 9.80 Å². The first kappa shape index (κ1) is 18.9. The van der Waals surface area contributed by atoms with Crippen LogP contribution in [-0.4, -0.2) is 47.0 Å². The lowest BCUT2D eigenvalue weighted by Crippen LogP contribution is -2.41. The van der Waals surface area contributed by atoms with E-state index in [0.717, 1.165) is 31.5 Å². The lowest BCUT2D eigenvalue weighted by atomic mass is 9.94. The third kappa shape index (κ3) is 3.63. The molecule has 0 radical (unpaired) electrons. The molecule has 0 aromatic heterocycles. The van der Waals surface area contributed by atoms with Crippen LogP contribution in [0.1, 0.15) is 51.5 Å². The van der Waals surface area contributed by atoms with Crippen molar-refractivity contribution in [2.24, 2.45) is 0 Å². The van der Waals surface area contributed by atoms with Crippen molar-refractivity contribution < 1.29 is 4.79 Å². The normalized spacial score (nSPS) is 20.3. The molecule has 0 bridgehead atoms. The molecule has 4 nitrogen and oxygen atoms in total. The van der Waals surface area contributed by atoms with Crippen molar-refractivity contribution in [3.8, 4) is 0 Å². The van der Waals surface area contributed by atoms with Crippen LogP contribution in [0.4, 0.5) is 5.69 Å². The second kappa shape index (κ2) is 8.21. The molecule has 1 saturated heterocycles. The van der Waals surface area contributed by atoms with Crippen molar-refractivity contribution in [3.05, 3.63) is 35.5 Å². The van der Waals surface area contributed by atoms with Gasteiger partial charge in [-0.05, 0) is 62.7 Å². The number of nitrogens with zero attached hydrogens (tertiary/aromatic N) is 3. The van der Waals surface area contributed by atoms with E-state index in [1.807, 2.05) is 22.9 Å². The first-order valence-electron chi connectivity index (χ1n) is 9.74. The highest BCUT2D eigenvalue weighted by atomic mass is 32.1. The molecule has 1 heterocycles. The van der Waals surface area contributed by atoms with Gasteiger partial charge in [-0.3, -0.25) is 9.69 Å². The van der Waals surface area contributed by atoms with Crippen molar-refractivity contribution in [1.29, 1.82) is 0 Å². The lowest BCUT2D eigenvalue weighted by molar-refractivity contribution is -0.124. The van der Waals surface area contributed by atoms with Crippen molar-refractivity contribution in [2.75, 3.05) is 25.0 Å². The predicted octanol–water partition coefficient (Wildman–Crippen LogP) is 4.27. The Morgan fingerprint density at radius 1 is 1.12 bits per heavy atom. The van der Waals surface area contributed by atoms with Gasteiger partial charge >= 0.3 is 0 Å². The Kier molecular flexibility index (Phi) is 5.97. The molecule has 2 aliphatic rings. The largest absolute Gasteiger partial charge is 0.372 e. The average Bonchev–Trinajstić information content (AvgIpc) is 2.88. The van der Waals surface area contributed by atoms with Crippen LogP contribution in [0.25, 0.3) is 6.08 Å². The maximum atomic E-state index is 13.0. The zero-order chi connectivity index (χ0) is 18.7. The Labute approximate surface area is 162 Å². The minimum absolute atomic E-state index is 0.0530. The molecule has 0 atom stereocenters. The number of likely N-dealkylation sites (N-methyl/N-ethyl adjacent to an activating group) is 1. The Bertz CT molecular complexity index is 688. The summed E-state index contributed by atoms with van der Waals surface area (Å²) in [5, 5.41) is 0.646. The fourth-order valence-electron chi connectivity index (χ4n) is 3.97. The van der Waals surface area contributed by atoms with E-state index in [1.54, 1.807) is 0 Å². The molecular weight excluding hydrogens is 342 g/mol. The van der Waals surface area contributed by atoms with Gasteiger partial charge in [-0.1, -0.05) is 31.4 Å². The lowest BCUT2D eigenvalue weighted by Gasteiger charge is -2.30. The molecule has 0 spiro atoms. The summed E-state index contributed by atoms with van der Waals surface area (Å²) >= 11 is 5.58. The number of amides is 1. The highest BCUT2D eigenvalue weighted by Crippen LogP contribution is 2.30. The molecule has 140 valence electrons. The van der Waals surface area contributed by atoms with Crippen molar-refractivity contribution >= 4 is 35.0 Å². The molecule has 1 aromatic rings. The van der Waals surface area contributed by atoms with Gasteiger partial charge in [-0.15, -0.1) is 0 Å². The van der Waals surface area contributed by atoms with E-state index in [-0.39, 0.29) is 11.9 Å². The number of rotatable bonds is 5. The van der Waals surface area contributed by atoms with E-state index in [2.05, 4.69) is 43.0 Å². The predicted molar refractivity (Wildman–Crippen MR) is 112 cm³/mol. The minimum atomic E-state index is 0.0530. The number of hydrogen-bond donors (Lipinski definition) is 0. The number of hydrogen-bond acceptors (Lipinski definition) is 3. The number of benzene rings is 1. The van der Waals surface area contributed by atoms with Gasteiger partial charge in [-0.25, -0.2) is 0 Å². The monoisotopic (exact) mass is 371 g/mol. The van der Waals surface area contributed by atoms with E-state index < -0.39 is 0 Å². The Morgan fingerprint density at radius 2 is 1.73 bits per heavy atom. The maximum Gasteiger partial charge on any atom is 0.277 e. The molecule has 26 heavy (non-hydrogen) atoms. The van der Waals surface area contributed by atoms with Crippen LogP contribution in [0.3, 0.4) is 0 Å². The fourth-order valence-corrected chi connectivity index (χ4v) is 4.30. The fraction of sp³-hybridized carbons (Fsp3) is 0.524. The first-order chi connectivity index (χ1) is 12.6. The topological polar surface area (TPSA) is 26.8 Å². The zero-order valence-corrected chi connectivity index (χ0v) is 16.9. The molecule has 1 aliphatic heterocycles. The Balaban J connectivity index is 1.81. The van der Waals surface area contributed by atoms with Crippen LogP contribution in [-0.2, 0) is 4.79 Å². The summed E-state index contributed by atoms with van der Waals surface area (Å²) in [6.07, 6.45) is 7.72. The van der Waals surface area contributed by atoms with E-state index in [4.69, 9.17) is 12.2 Å². The molecule has 5 heteroatoms. The van der Waals surface area contributed by atoms with Gasteiger partial charge in [0.1, 0.15) is 5.70 Å². The molecule has 1 amide bonds. The summed E-state index contributed by atoms with van der Waals surface area (Å²) in [5.74, 6) is 0.0530. The number of carbonyl (C=O) groups excluding carboxylic acids is 1. The zero-order valence-electron chi connectivity index (χ0n) is 16.1. The number of anilines is 1. The summed E-state index contributed by atoms with van der Waals surface area (Å²) in [4.78, 5) is 19.0. The quantitative estimate of drug-likeness (QED) is 0.571. The van der Waals surface area contributed by atoms with Gasteiger partial charge in [0.25, 0.3) is 5.91 Å². The molecule has 1 aliphatic carbocycles. The third-order valence-electron chi connectivity index (χ3n) is 5.56. The van der Waals surface area contributed by atoms with Crippen LogP contribution >= 0.6 is 12.2 Å². The van der Waals surface area contributed by atoms with Gasteiger partial charge in [-0.2, -0.15) is 0 Å². The number of carbonyl (C=O) groups is 1. The smallest absolute Gasteiger partial charge is 0.277 e. The molecule has 0 N–H and O–H groups in total. The van der Waals surface area contributed by atoms with Crippen LogP contribution in [0.15, 0.2) is 30.0 Å². The average molecular weight is 372 g/mol. The van der Waals surface area contributed by atoms with Crippen LogP contribution < -0.4 is 4.90 Å². The summed E-state index contributed by atoms with van der Waals surface area (Å²) in [7, 11) is 1.90. The van der Waals surface area contributed by atoms with Crippen molar-refractivity contribution in [3.63, 3.8) is 0 Å². The van der Waals surface area contributed by atoms with Crippen LogP contribution in [0.2, 0.25) is 0 Å². The summed E-state index contributed by atoms with van der Waals surface area (Å²) < 4.78 is 0. The highest BCUT2D eigenvalue weighted by molar-refractivity contribution is 7.80. The Hall–Kier alpha value is -1.88. The van der Waals surface area contributed by atoms with Gasteiger partial charge in [0, 0.05) is 31.9 Å². The summed E-state index contributed by atoms with van der Waals surface area (Å²) in [5.41, 5.74) is 2.92. The van der Waals surface area contributed by atoms with Crippen LogP contribution in [0, 0.1) is 0 Å². The summed E-state index contributed by atoms with van der Waals surface area (Å²) in [6.45, 7) is 6.30. The second-order valence-electron chi connectivity index (χ2n) is 7.10. The standard InChI is InChI=1S/C21H29N3OS/c1-4-23(5-2)17-13-11-16(12-14-17)15-19-20(25)24(21(26)22(19)3)18-9-7-6-8-10-18/h11-15,18H,4-10H2,1-3H3/b19-15-. The highest BCUT2D eigenvalue weighted by Gasteiger charge is 2.40. The minimum Gasteiger partial charge on any atom is -0.372 e. The first-order valence-corrected chi connectivity index (χ1v) is 10.2. The van der Waals surface area contributed by atoms with Gasteiger partial charge in [0.2, 0.25) is 0 Å². The van der Waals surface area contributed by atoms with Gasteiger partial charge in [0.05, 0.1) is 0 Å². The van der Waals surface area contributed by atoms with E-state index >= 15 is 0 Å². The third-order valence-corrected chi connectivity index (χ3v) is 6.03. The van der Waals surface area contributed by atoms with Gasteiger partial charge < -0.3 is 9.80 Å². The van der Waals surface area contributed by atoms with Crippen molar-refractivity contribution in [2.45, 2.75) is 52.0 Å². The van der Waals surface area contributed by atoms with E-state index in [1.165, 1.54) is 24.9 Å². The van der Waals surface area contributed by atoms with Gasteiger partial charge in [0.15, 0.2) is 5.11 Å². The molecule has 3 rings (SSSR count). The second-order valence-corrected chi connectivity index (χ2v) is 7.47. The van der Waals surface area contributed by atoms with E-state index in [0.29, 0.717) is 10.8 Å². The molecular formula is C21H29N3OS. The molecule has 0 unspecified atom stereocenters. The van der Waals surface area contributed by atoms with E-state index in [9.17, 15) is 4.79 Å².